The van der Waals surface area contributed by atoms with Crippen molar-refractivity contribution in [3.05, 3.63) is 0 Å². The number of alkyl halides is 2. The van der Waals surface area contributed by atoms with E-state index < -0.39 is 10.3 Å². The van der Waals surface area contributed by atoms with Crippen LogP contribution in [0.25, 0.3) is 0 Å². The predicted octanol–water partition coefficient (Wildman–Crippen LogP) is 1.51. The molecule has 3 nitrogen and oxygen atoms in total. The van der Waals surface area contributed by atoms with Crippen LogP contribution in [0.4, 0.5) is 0 Å². The number of rotatable bonds is 2. The second-order valence-electron chi connectivity index (χ2n) is 2.78. The van der Waals surface area contributed by atoms with Crippen molar-refractivity contribution in [1.82, 2.24) is 0 Å². The zero-order valence-corrected chi connectivity index (χ0v) is 8.19. The Morgan fingerprint density at radius 1 is 1.67 bits per heavy atom. The molecule has 1 saturated heterocycles. The molecule has 1 fully saturated rings. The summed E-state index contributed by atoms with van der Waals surface area (Å²) in [6.45, 7) is 2.45. The maximum Gasteiger partial charge on any atom is 0.342 e. The lowest BCUT2D eigenvalue weighted by molar-refractivity contribution is -0.149. The third-order valence-electron chi connectivity index (χ3n) is 1.52. The smallest absolute Gasteiger partial charge is 0.342 e. The summed E-state index contributed by atoms with van der Waals surface area (Å²) in [4.78, 5) is 11.1. The Morgan fingerprint density at radius 2 is 2.33 bits per heavy atom. The summed E-state index contributed by atoms with van der Waals surface area (Å²) in [5, 5.41) is 0. The second-order valence-corrected chi connectivity index (χ2v) is 4.48. The molecular weight excluding hydrogens is 203 g/mol. The lowest BCUT2D eigenvalue weighted by Gasteiger charge is -2.15. The van der Waals surface area contributed by atoms with E-state index in [1.807, 2.05) is 0 Å². The summed E-state index contributed by atoms with van der Waals surface area (Å²) in [6, 6.07) is 0. The molecule has 1 heterocycles. The van der Waals surface area contributed by atoms with Crippen molar-refractivity contribution in [2.24, 2.45) is 0 Å². The molecule has 1 atom stereocenters. The largest absolute Gasteiger partial charge is 0.458 e. The fourth-order valence-electron chi connectivity index (χ4n) is 0.861. The molecule has 0 aliphatic carbocycles. The van der Waals surface area contributed by atoms with Crippen molar-refractivity contribution in [3.63, 3.8) is 0 Å². The number of hydrogen-bond donors (Lipinski definition) is 0. The van der Waals surface area contributed by atoms with Gasteiger partial charge in [-0.25, -0.2) is 4.79 Å². The average molecular weight is 213 g/mol. The Balaban J connectivity index is 2.35. The van der Waals surface area contributed by atoms with E-state index in [1.54, 1.807) is 0 Å². The molecule has 1 aliphatic rings. The van der Waals surface area contributed by atoms with Crippen LogP contribution in [0, 0.1) is 0 Å². The highest BCUT2D eigenvalue weighted by Gasteiger charge is 2.32. The van der Waals surface area contributed by atoms with Gasteiger partial charge in [-0.2, -0.15) is 0 Å². The molecule has 12 heavy (non-hydrogen) atoms. The minimum absolute atomic E-state index is 0.186. The van der Waals surface area contributed by atoms with Crippen LogP contribution in [0.2, 0.25) is 0 Å². The van der Waals surface area contributed by atoms with Gasteiger partial charge >= 0.3 is 5.97 Å². The number of esters is 1. The Morgan fingerprint density at radius 3 is 2.75 bits per heavy atom. The average Bonchev–Trinajstić information content (AvgIpc) is 2.37. The molecular formula is C7H10Cl2O3. The molecule has 0 radical (unpaired) electrons. The van der Waals surface area contributed by atoms with Gasteiger partial charge in [-0.3, -0.25) is 0 Å². The van der Waals surface area contributed by atoms with Crippen LogP contribution >= 0.6 is 23.2 Å². The molecule has 0 unspecified atom stereocenters. The summed E-state index contributed by atoms with van der Waals surface area (Å²) in [5.41, 5.74) is 0. The van der Waals surface area contributed by atoms with Crippen LogP contribution in [0.15, 0.2) is 0 Å². The molecule has 0 aromatic carbocycles. The summed E-state index contributed by atoms with van der Waals surface area (Å²) in [5.74, 6) is -0.610. The van der Waals surface area contributed by atoms with Gasteiger partial charge in [0.2, 0.25) is 4.33 Å². The van der Waals surface area contributed by atoms with Crippen LogP contribution in [0.5, 0.6) is 0 Å². The monoisotopic (exact) mass is 212 g/mol. The molecule has 0 N–H and O–H groups in total. The highest BCUT2D eigenvalue weighted by atomic mass is 35.5. The molecule has 0 amide bonds. The van der Waals surface area contributed by atoms with Crippen molar-refractivity contribution in [3.8, 4) is 0 Å². The molecule has 0 aromatic rings. The predicted molar refractivity (Wildman–Crippen MR) is 45.4 cm³/mol. The molecule has 0 spiro atoms. The van der Waals surface area contributed by atoms with Crippen molar-refractivity contribution in [1.29, 1.82) is 0 Å². The van der Waals surface area contributed by atoms with Crippen molar-refractivity contribution in [2.45, 2.75) is 23.8 Å². The molecule has 5 heteroatoms. The number of ether oxygens (including phenoxy) is 2. The van der Waals surface area contributed by atoms with Gasteiger partial charge < -0.3 is 9.47 Å². The first kappa shape index (κ1) is 10.1. The van der Waals surface area contributed by atoms with E-state index in [9.17, 15) is 4.79 Å². The van der Waals surface area contributed by atoms with Crippen molar-refractivity contribution >= 4 is 29.2 Å². The molecule has 0 aromatic heterocycles. The summed E-state index contributed by atoms with van der Waals surface area (Å²) in [7, 11) is 0. The van der Waals surface area contributed by atoms with Gasteiger partial charge in [0.25, 0.3) is 0 Å². The summed E-state index contributed by atoms with van der Waals surface area (Å²) < 4.78 is 8.50. The topological polar surface area (TPSA) is 35.5 Å². The third-order valence-corrected chi connectivity index (χ3v) is 1.83. The quantitative estimate of drug-likeness (QED) is 0.515. The first-order chi connectivity index (χ1) is 5.50. The first-order valence-corrected chi connectivity index (χ1v) is 4.42. The SMILES string of the molecule is CC(Cl)(Cl)C(=O)O[C@H]1CCOC1. The second kappa shape index (κ2) is 3.81. The van der Waals surface area contributed by atoms with E-state index in [-0.39, 0.29) is 6.10 Å². The minimum Gasteiger partial charge on any atom is -0.458 e. The highest BCUT2D eigenvalue weighted by molar-refractivity contribution is 6.57. The van der Waals surface area contributed by atoms with Crippen molar-refractivity contribution in [2.75, 3.05) is 13.2 Å². The summed E-state index contributed by atoms with van der Waals surface area (Å²) >= 11 is 11.0. The van der Waals surface area contributed by atoms with Crippen LogP contribution in [0.3, 0.4) is 0 Å². The maximum absolute atomic E-state index is 11.1. The first-order valence-electron chi connectivity index (χ1n) is 3.67. The van der Waals surface area contributed by atoms with Gasteiger partial charge in [0.1, 0.15) is 6.10 Å². The van der Waals surface area contributed by atoms with E-state index in [1.165, 1.54) is 6.92 Å². The van der Waals surface area contributed by atoms with Gasteiger partial charge in [-0.05, 0) is 6.92 Å². The maximum atomic E-state index is 11.1. The van der Waals surface area contributed by atoms with Gasteiger partial charge in [-0.1, -0.05) is 23.2 Å². The van der Waals surface area contributed by atoms with E-state index in [0.717, 1.165) is 6.42 Å². The zero-order chi connectivity index (χ0) is 9.19. The van der Waals surface area contributed by atoms with Crippen LogP contribution < -0.4 is 0 Å². The molecule has 70 valence electrons. The Labute approximate surface area is 80.9 Å². The number of halogens is 2. The molecule has 1 rings (SSSR count). The number of carbonyl (C=O) groups is 1. The van der Waals surface area contributed by atoms with Crippen LogP contribution in [-0.4, -0.2) is 29.6 Å². The minimum atomic E-state index is -1.46. The Kier molecular flexibility index (Phi) is 3.21. The number of hydrogen-bond acceptors (Lipinski definition) is 3. The molecule has 1 aliphatic heterocycles. The highest BCUT2D eigenvalue weighted by Crippen LogP contribution is 2.23. The Bertz CT molecular complexity index is 170. The van der Waals surface area contributed by atoms with Gasteiger partial charge in [-0.15, -0.1) is 0 Å². The van der Waals surface area contributed by atoms with Gasteiger partial charge in [0, 0.05) is 6.42 Å². The van der Waals surface area contributed by atoms with E-state index in [4.69, 9.17) is 32.7 Å². The van der Waals surface area contributed by atoms with E-state index >= 15 is 0 Å². The normalized spacial score (nSPS) is 24.1. The van der Waals surface area contributed by atoms with Gasteiger partial charge in [0.15, 0.2) is 0 Å². The fraction of sp³-hybridized carbons (Fsp3) is 0.857. The zero-order valence-electron chi connectivity index (χ0n) is 6.68. The standard InChI is InChI=1S/C7H10Cl2O3/c1-7(8,9)6(10)12-5-2-3-11-4-5/h5H,2-4H2,1H3/t5-/m0/s1. The van der Waals surface area contributed by atoms with Gasteiger partial charge in [0.05, 0.1) is 13.2 Å². The third kappa shape index (κ3) is 2.81. The molecule has 0 saturated carbocycles. The Hall–Kier alpha value is 0.01000. The number of carbonyl (C=O) groups excluding carboxylic acids is 1. The lowest BCUT2D eigenvalue weighted by Crippen LogP contribution is -2.29. The van der Waals surface area contributed by atoms with Crippen LogP contribution in [-0.2, 0) is 14.3 Å². The fourth-order valence-corrected chi connectivity index (χ4v) is 0.950. The van der Waals surface area contributed by atoms with E-state index in [2.05, 4.69) is 0 Å². The van der Waals surface area contributed by atoms with E-state index in [0.29, 0.717) is 13.2 Å². The van der Waals surface area contributed by atoms with Crippen LogP contribution in [0.1, 0.15) is 13.3 Å². The lowest BCUT2D eigenvalue weighted by atomic mass is 10.3. The molecule has 0 bridgehead atoms. The summed E-state index contributed by atoms with van der Waals surface area (Å²) in [6.07, 6.45) is 0.532. The van der Waals surface area contributed by atoms with Crippen molar-refractivity contribution < 1.29 is 14.3 Å².